The number of alkyl halides is 3. The van der Waals surface area contributed by atoms with Crippen LogP contribution in [0.3, 0.4) is 0 Å². The third-order valence-corrected chi connectivity index (χ3v) is 4.92. The summed E-state index contributed by atoms with van der Waals surface area (Å²) in [6.07, 6.45) is -3.21. The number of rotatable bonds is 6. The summed E-state index contributed by atoms with van der Waals surface area (Å²) < 4.78 is 39.1. The number of nitrogens with zero attached hydrogens (tertiary/aromatic N) is 1. The Morgan fingerprint density at radius 3 is 2.56 bits per heavy atom. The van der Waals surface area contributed by atoms with E-state index in [1.54, 1.807) is 49.4 Å². The minimum atomic E-state index is -4.57. The van der Waals surface area contributed by atoms with Gasteiger partial charge in [-0.3, -0.25) is 9.59 Å². The zero-order chi connectivity index (χ0) is 23.6. The monoisotopic (exact) mass is 445 g/mol. The van der Waals surface area contributed by atoms with Gasteiger partial charge in [0, 0.05) is 28.8 Å². The van der Waals surface area contributed by atoms with Crippen molar-refractivity contribution in [2.75, 3.05) is 11.1 Å². The summed E-state index contributed by atoms with van der Waals surface area (Å²) in [4.78, 5) is 25.1. The molecule has 0 saturated heterocycles. The van der Waals surface area contributed by atoms with Crippen molar-refractivity contribution in [1.82, 2.24) is 9.88 Å². The number of nitrogens with one attached hydrogen (secondary N) is 3. The average molecular weight is 445 g/mol. The van der Waals surface area contributed by atoms with Crippen molar-refractivity contribution >= 4 is 39.5 Å². The Morgan fingerprint density at radius 1 is 1.22 bits per heavy atom. The van der Waals surface area contributed by atoms with Gasteiger partial charge in [-0.25, -0.2) is 0 Å². The normalized spacial score (nSPS) is 12.4. The van der Waals surface area contributed by atoms with Gasteiger partial charge in [-0.15, -0.1) is 0 Å². The number of carbonyl (C=O) groups excluding carboxylic acids is 1. The van der Waals surface area contributed by atoms with Crippen LogP contribution in [0, 0.1) is 5.41 Å². The van der Waals surface area contributed by atoms with Crippen LogP contribution in [0.2, 0.25) is 0 Å². The van der Waals surface area contributed by atoms with Crippen molar-refractivity contribution < 1.29 is 18.0 Å². The largest absolute Gasteiger partial charge is 0.408 e. The molecule has 0 bridgehead atoms. The van der Waals surface area contributed by atoms with Crippen LogP contribution in [0.25, 0.3) is 10.8 Å². The zero-order valence-corrected chi connectivity index (χ0v) is 17.4. The lowest BCUT2D eigenvalue weighted by molar-refractivity contribution is -0.158. The highest BCUT2D eigenvalue weighted by atomic mass is 19.4. The van der Waals surface area contributed by atoms with E-state index in [1.807, 2.05) is 5.32 Å². The fourth-order valence-electron chi connectivity index (χ4n) is 3.22. The molecule has 1 aromatic heterocycles. The second-order valence-corrected chi connectivity index (χ2v) is 7.40. The van der Waals surface area contributed by atoms with E-state index in [0.29, 0.717) is 33.7 Å². The van der Waals surface area contributed by atoms with Gasteiger partial charge in [0.25, 0.3) is 5.56 Å². The molecule has 0 saturated carbocycles. The molecular formula is C22H22F3N5O2. The van der Waals surface area contributed by atoms with Crippen LogP contribution in [-0.2, 0) is 11.3 Å². The number of nitrogen functional groups attached to an aromatic ring is 1. The van der Waals surface area contributed by atoms with Crippen molar-refractivity contribution in [3.05, 3.63) is 64.6 Å². The molecule has 2 aromatic carbocycles. The smallest absolute Gasteiger partial charge is 0.398 e. The summed E-state index contributed by atoms with van der Waals surface area (Å²) in [5, 5.41) is 13.6. The number of carbonyl (C=O) groups is 1. The van der Waals surface area contributed by atoms with Crippen molar-refractivity contribution in [3.63, 3.8) is 0 Å². The van der Waals surface area contributed by atoms with E-state index in [0.717, 1.165) is 11.5 Å². The third kappa shape index (κ3) is 4.90. The number of anilines is 3. The van der Waals surface area contributed by atoms with Crippen LogP contribution in [-0.4, -0.2) is 28.4 Å². The lowest BCUT2D eigenvalue weighted by Gasteiger charge is -2.18. The Morgan fingerprint density at radius 2 is 1.94 bits per heavy atom. The lowest BCUT2D eigenvalue weighted by Crippen LogP contribution is -2.45. The van der Waals surface area contributed by atoms with Crippen molar-refractivity contribution in [2.45, 2.75) is 32.6 Å². The van der Waals surface area contributed by atoms with Crippen molar-refractivity contribution in [1.29, 1.82) is 5.41 Å². The molecule has 0 aliphatic rings. The summed E-state index contributed by atoms with van der Waals surface area (Å²) in [5.41, 5.74) is 7.82. The molecule has 3 aromatic rings. The summed E-state index contributed by atoms with van der Waals surface area (Å²) >= 11 is 0. The topological polar surface area (TPSA) is 113 Å². The van der Waals surface area contributed by atoms with Gasteiger partial charge in [-0.1, -0.05) is 12.1 Å². The summed E-state index contributed by atoms with van der Waals surface area (Å²) in [6.45, 7) is 1.90. The molecular weight excluding hydrogens is 423 g/mol. The van der Waals surface area contributed by atoms with E-state index in [4.69, 9.17) is 11.1 Å². The molecule has 10 heteroatoms. The first-order valence-corrected chi connectivity index (χ1v) is 9.67. The molecule has 5 N–H and O–H groups in total. The SMILES string of the molecule is CC(=N)c1ccc(Nc2cccc3ccn(CC(=O)NC(C)C(F)(F)F)c(=O)c23)cc1N. The maximum atomic E-state index is 13.0. The molecule has 168 valence electrons. The van der Waals surface area contributed by atoms with Gasteiger partial charge in [0.05, 0.1) is 11.1 Å². The number of benzene rings is 2. The molecule has 7 nitrogen and oxygen atoms in total. The van der Waals surface area contributed by atoms with Crippen LogP contribution in [0.5, 0.6) is 0 Å². The highest BCUT2D eigenvalue weighted by molar-refractivity contribution is 6.02. The van der Waals surface area contributed by atoms with E-state index in [2.05, 4.69) is 5.32 Å². The second kappa shape index (κ2) is 8.74. The number of hydrogen-bond donors (Lipinski definition) is 4. The van der Waals surface area contributed by atoms with Gasteiger partial charge in [-0.05, 0) is 49.6 Å². The summed E-state index contributed by atoms with van der Waals surface area (Å²) in [6, 6.07) is 9.76. The Bertz CT molecular complexity index is 1250. The molecule has 0 spiro atoms. The third-order valence-electron chi connectivity index (χ3n) is 4.92. The molecule has 32 heavy (non-hydrogen) atoms. The Balaban J connectivity index is 1.93. The fraction of sp³-hybridized carbons (Fsp3) is 0.227. The fourth-order valence-corrected chi connectivity index (χ4v) is 3.22. The minimum Gasteiger partial charge on any atom is -0.398 e. The first-order chi connectivity index (χ1) is 15.0. The molecule has 1 atom stereocenters. The summed E-state index contributed by atoms with van der Waals surface area (Å²) in [7, 11) is 0. The minimum absolute atomic E-state index is 0.276. The van der Waals surface area contributed by atoms with Crippen molar-refractivity contribution in [3.8, 4) is 0 Å². The van der Waals surface area contributed by atoms with Crippen LogP contribution in [0.1, 0.15) is 19.4 Å². The molecule has 0 radical (unpaired) electrons. The highest BCUT2D eigenvalue weighted by Crippen LogP contribution is 2.26. The first-order valence-electron chi connectivity index (χ1n) is 9.67. The van der Waals surface area contributed by atoms with Crippen LogP contribution in [0.15, 0.2) is 53.5 Å². The Hall–Kier alpha value is -3.82. The second-order valence-electron chi connectivity index (χ2n) is 7.40. The average Bonchev–Trinajstić information content (AvgIpc) is 2.69. The predicted octanol–water partition coefficient (Wildman–Crippen LogP) is 3.78. The number of fused-ring (bicyclic) bond motifs is 1. The molecule has 1 amide bonds. The maximum absolute atomic E-state index is 13.0. The van der Waals surface area contributed by atoms with E-state index in [-0.39, 0.29) is 5.39 Å². The van der Waals surface area contributed by atoms with Gasteiger partial charge >= 0.3 is 6.18 Å². The Labute approximate surface area is 181 Å². The van der Waals surface area contributed by atoms with Gasteiger partial charge in [0.2, 0.25) is 5.91 Å². The van der Waals surface area contributed by atoms with Gasteiger partial charge in [0.15, 0.2) is 0 Å². The number of aromatic nitrogens is 1. The number of hydrogen-bond acceptors (Lipinski definition) is 5. The quantitative estimate of drug-likeness (QED) is 0.342. The first kappa shape index (κ1) is 22.9. The predicted molar refractivity (Wildman–Crippen MR) is 119 cm³/mol. The standard InChI is InChI=1S/C22H22F3N5O2/c1-12(26)16-7-6-15(10-17(16)27)29-18-5-3-4-14-8-9-30(21(32)20(14)18)11-19(31)28-13(2)22(23,24)25/h3-10,13,26,29H,11,27H2,1-2H3,(H,28,31). The van der Waals surface area contributed by atoms with Crippen molar-refractivity contribution in [2.24, 2.45) is 0 Å². The number of nitrogens with two attached hydrogens (primary N) is 1. The Kier molecular flexibility index (Phi) is 6.24. The molecule has 1 heterocycles. The lowest BCUT2D eigenvalue weighted by atomic mass is 10.1. The zero-order valence-electron chi connectivity index (χ0n) is 17.4. The van der Waals surface area contributed by atoms with Gasteiger partial charge < -0.3 is 26.3 Å². The van der Waals surface area contributed by atoms with E-state index < -0.39 is 30.2 Å². The maximum Gasteiger partial charge on any atom is 0.408 e. The summed E-state index contributed by atoms with van der Waals surface area (Å²) in [5.74, 6) is -0.924. The number of amides is 1. The van der Waals surface area contributed by atoms with E-state index >= 15 is 0 Å². The van der Waals surface area contributed by atoms with Gasteiger partial charge in [0.1, 0.15) is 12.6 Å². The molecule has 0 aliphatic carbocycles. The van der Waals surface area contributed by atoms with E-state index in [1.165, 1.54) is 6.20 Å². The van der Waals surface area contributed by atoms with Crippen LogP contribution >= 0.6 is 0 Å². The number of pyridine rings is 1. The van der Waals surface area contributed by atoms with E-state index in [9.17, 15) is 22.8 Å². The van der Waals surface area contributed by atoms with Gasteiger partial charge in [-0.2, -0.15) is 13.2 Å². The van der Waals surface area contributed by atoms with Crippen LogP contribution in [0.4, 0.5) is 30.2 Å². The molecule has 1 unspecified atom stereocenters. The molecule has 0 fully saturated rings. The molecule has 0 aliphatic heterocycles. The van der Waals surface area contributed by atoms with Crippen LogP contribution < -0.4 is 21.9 Å². The number of halogens is 3. The molecule has 3 rings (SSSR count). The highest BCUT2D eigenvalue weighted by Gasteiger charge is 2.36.